The highest BCUT2D eigenvalue weighted by Crippen LogP contribution is 2.37. The van der Waals surface area contributed by atoms with E-state index in [-0.39, 0.29) is 11.7 Å². The summed E-state index contributed by atoms with van der Waals surface area (Å²) in [6.07, 6.45) is 1.66. The van der Waals surface area contributed by atoms with E-state index in [1.165, 1.54) is 23.9 Å². The number of aromatic nitrogens is 1. The van der Waals surface area contributed by atoms with Gasteiger partial charge in [-0.15, -0.1) is 0 Å². The molecule has 0 unspecified atom stereocenters. The summed E-state index contributed by atoms with van der Waals surface area (Å²) in [5, 5.41) is 0.609. The number of likely N-dealkylation sites (N-methyl/N-ethyl adjacent to an activating group) is 1. The average molecular weight is 341 g/mol. The molecule has 1 fully saturated rings. The van der Waals surface area contributed by atoms with Gasteiger partial charge in [0.05, 0.1) is 4.91 Å². The van der Waals surface area contributed by atoms with Gasteiger partial charge in [-0.25, -0.2) is 14.4 Å². The molecule has 0 atom stereocenters. The van der Waals surface area contributed by atoms with Crippen LogP contribution in [-0.4, -0.2) is 27.5 Å². The Morgan fingerprint density at radius 1 is 1.25 bits per heavy atom. The molecule has 1 aliphatic heterocycles. The van der Waals surface area contributed by atoms with Crippen LogP contribution in [0.1, 0.15) is 19.4 Å². The smallest absolute Gasteiger partial charge is 0.267 e. The van der Waals surface area contributed by atoms with Crippen LogP contribution in [-0.2, 0) is 4.79 Å². The third-order valence-electron chi connectivity index (χ3n) is 3.66. The molecule has 2 heterocycles. The number of pyridine rings is 1. The molecule has 6 heteroatoms. The zero-order chi connectivity index (χ0) is 17.1. The standard InChI is InChI=1S/C18H16FN3OS/c1-3-22-17(23)16(12(2)13-7-9-14(19)10-8-13)24-18(22)21-15-6-4-5-11-20-15/h4-11H,3H2,1-2H3/b16-12-,21-18+. The Morgan fingerprint density at radius 3 is 2.62 bits per heavy atom. The Hall–Kier alpha value is -2.47. The van der Waals surface area contributed by atoms with Crippen LogP contribution in [0.2, 0.25) is 0 Å². The lowest BCUT2D eigenvalue weighted by molar-refractivity contribution is -0.122. The normalized spacial score (nSPS) is 18.4. The Morgan fingerprint density at radius 2 is 2.00 bits per heavy atom. The van der Waals surface area contributed by atoms with Crippen molar-refractivity contribution in [3.63, 3.8) is 0 Å². The van der Waals surface area contributed by atoms with Crippen molar-refractivity contribution in [3.8, 4) is 0 Å². The van der Waals surface area contributed by atoms with Gasteiger partial charge in [0.15, 0.2) is 11.0 Å². The van der Waals surface area contributed by atoms with Gasteiger partial charge in [-0.1, -0.05) is 18.2 Å². The molecule has 1 aromatic heterocycles. The van der Waals surface area contributed by atoms with Crippen LogP contribution < -0.4 is 0 Å². The van der Waals surface area contributed by atoms with Crippen LogP contribution in [0.25, 0.3) is 5.57 Å². The molecular formula is C18H16FN3OS. The van der Waals surface area contributed by atoms with E-state index < -0.39 is 0 Å². The van der Waals surface area contributed by atoms with Crippen LogP contribution in [0.4, 0.5) is 10.2 Å². The van der Waals surface area contributed by atoms with Gasteiger partial charge in [0, 0.05) is 12.7 Å². The molecule has 0 aliphatic carbocycles. The first-order chi connectivity index (χ1) is 11.6. The molecule has 1 aromatic carbocycles. The minimum Gasteiger partial charge on any atom is -0.287 e. The lowest BCUT2D eigenvalue weighted by atomic mass is 10.1. The van der Waals surface area contributed by atoms with Crippen molar-refractivity contribution >= 4 is 34.2 Å². The predicted molar refractivity (Wildman–Crippen MR) is 95.3 cm³/mol. The lowest BCUT2D eigenvalue weighted by Crippen LogP contribution is -2.28. The van der Waals surface area contributed by atoms with E-state index in [2.05, 4.69) is 9.98 Å². The molecule has 4 nitrogen and oxygen atoms in total. The SMILES string of the molecule is CCN1C(=O)/C(=C(\C)c2ccc(F)cc2)S/C1=N/c1ccccn1. The quantitative estimate of drug-likeness (QED) is 0.785. The monoisotopic (exact) mass is 341 g/mol. The second-order valence-corrected chi connectivity index (χ2v) is 6.17. The number of thioether (sulfide) groups is 1. The fraction of sp³-hybridized carbons (Fsp3) is 0.167. The van der Waals surface area contributed by atoms with Crippen molar-refractivity contribution in [2.45, 2.75) is 13.8 Å². The topological polar surface area (TPSA) is 45.6 Å². The molecule has 1 saturated heterocycles. The summed E-state index contributed by atoms with van der Waals surface area (Å²) in [5.41, 5.74) is 1.64. The van der Waals surface area contributed by atoms with Gasteiger partial charge in [0.2, 0.25) is 0 Å². The molecule has 2 aromatic rings. The van der Waals surface area contributed by atoms with Gasteiger partial charge in [-0.2, -0.15) is 0 Å². The van der Waals surface area contributed by atoms with Gasteiger partial charge >= 0.3 is 0 Å². The van der Waals surface area contributed by atoms with Crippen molar-refractivity contribution in [2.75, 3.05) is 6.54 Å². The largest absolute Gasteiger partial charge is 0.287 e. The van der Waals surface area contributed by atoms with Crippen molar-refractivity contribution < 1.29 is 9.18 Å². The number of carbonyl (C=O) groups is 1. The van der Waals surface area contributed by atoms with Gasteiger partial charge in [0.1, 0.15) is 5.82 Å². The number of amidine groups is 1. The molecule has 0 bridgehead atoms. The first kappa shape index (κ1) is 16.4. The summed E-state index contributed by atoms with van der Waals surface area (Å²) >= 11 is 1.33. The second-order valence-electron chi connectivity index (χ2n) is 5.19. The molecular weight excluding hydrogens is 325 g/mol. The number of allylic oxidation sites excluding steroid dienone is 1. The zero-order valence-electron chi connectivity index (χ0n) is 13.4. The average Bonchev–Trinajstić information content (AvgIpc) is 2.91. The van der Waals surface area contributed by atoms with E-state index in [1.54, 1.807) is 29.3 Å². The predicted octanol–water partition coefficient (Wildman–Crippen LogP) is 4.23. The summed E-state index contributed by atoms with van der Waals surface area (Å²) in [6.45, 7) is 4.30. The van der Waals surface area contributed by atoms with E-state index in [4.69, 9.17) is 0 Å². The van der Waals surface area contributed by atoms with Gasteiger partial charge in [-0.3, -0.25) is 9.69 Å². The van der Waals surface area contributed by atoms with Crippen molar-refractivity contribution in [2.24, 2.45) is 4.99 Å². The summed E-state index contributed by atoms with van der Waals surface area (Å²) in [5.74, 6) is 0.181. The lowest BCUT2D eigenvalue weighted by Gasteiger charge is -2.12. The molecule has 24 heavy (non-hydrogen) atoms. The number of carbonyl (C=O) groups excluding carboxylic acids is 1. The molecule has 1 aliphatic rings. The molecule has 0 saturated carbocycles. The van der Waals surface area contributed by atoms with E-state index in [9.17, 15) is 9.18 Å². The fourth-order valence-electron chi connectivity index (χ4n) is 2.35. The second kappa shape index (κ2) is 6.97. The minimum atomic E-state index is -0.297. The van der Waals surface area contributed by atoms with Crippen LogP contribution >= 0.6 is 11.8 Å². The van der Waals surface area contributed by atoms with E-state index >= 15 is 0 Å². The molecule has 0 radical (unpaired) electrons. The van der Waals surface area contributed by atoms with Crippen LogP contribution in [0.15, 0.2) is 58.6 Å². The van der Waals surface area contributed by atoms with Gasteiger partial charge in [-0.05, 0) is 61.0 Å². The highest BCUT2D eigenvalue weighted by atomic mass is 32.2. The number of benzene rings is 1. The number of nitrogens with zero attached hydrogens (tertiary/aromatic N) is 3. The van der Waals surface area contributed by atoms with Crippen molar-refractivity contribution in [1.82, 2.24) is 9.88 Å². The molecule has 3 rings (SSSR count). The number of hydrogen-bond donors (Lipinski definition) is 0. The first-order valence-electron chi connectivity index (χ1n) is 7.56. The Labute approximate surface area is 144 Å². The molecule has 1 amide bonds. The zero-order valence-corrected chi connectivity index (χ0v) is 14.2. The maximum atomic E-state index is 13.1. The number of amides is 1. The maximum Gasteiger partial charge on any atom is 0.267 e. The summed E-state index contributed by atoms with van der Waals surface area (Å²) in [6, 6.07) is 11.6. The third-order valence-corrected chi connectivity index (χ3v) is 4.84. The third kappa shape index (κ3) is 3.23. The van der Waals surface area contributed by atoms with E-state index in [1.807, 2.05) is 26.0 Å². The first-order valence-corrected chi connectivity index (χ1v) is 8.38. The summed E-state index contributed by atoms with van der Waals surface area (Å²) in [4.78, 5) is 23.6. The van der Waals surface area contributed by atoms with Crippen molar-refractivity contribution in [1.29, 1.82) is 0 Å². The summed E-state index contributed by atoms with van der Waals surface area (Å²) in [7, 11) is 0. The van der Waals surface area contributed by atoms with Crippen LogP contribution in [0.3, 0.4) is 0 Å². The van der Waals surface area contributed by atoms with Gasteiger partial charge < -0.3 is 0 Å². The number of aliphatic imine (C=N–C) groups is 1. The number of halogens is 1. The van der Waals surface area contributed by atoms with Crippen molar-refractivity contribution in [3.05, 3.63) is 64.9 Å². The maximum absolute atomic E-state index is 13.1. The Balaban J connectivity index is 1.99. The fourth-order valence-corrected chi connectivity index (χ4v) is 3.46. The van der Waals surface area contributed by atoms with E-state index in [0.717, 1.165) is 11.1 Å². The highest BCUT2D eigenvalue weighted by Gasteiger charge is 2.34. The molecule has 0 N–H and O–H groups in total. The molecule has 0 spiro atoms. The van der Waals surface area contributed by atoms with E-state index in [0.29, 0.717) is 22.4 Å². The summed E-state index contributed by atoms with van der Waals surface area (Å²) < 4.78 is 13.1. The van der Waals surface area contributed by atoms with Crippen LogP contribution in [0, 0.1) is 5.82 Å². The minimum absolute atomic E-state index is 0.0843. The van der Waals surface area contributed by atoms with Gasteiger partial charge in [0.25, 0.3) is 5.91 Å². The molecule has 122 valence electrons. The highest BCUT2D eigenvalue weighted by molar-refractivity contribution is 8.18. The Bertz CT molecular complexity index is 816. The van der Waals surface area contributed by atoms with Crippen LogP contribution in [0.5, 0.6) is 0 Å². The Kier molecular flexibility index (Phi) is 4.76. The number of hydrogen-bond acceptors (Lipinski definition) is 4. The number of rotatable bonds is 3.